The van der Waals surface area contributed by atoms with Crippen LogP contribution >= 0.6 is 0 Å². The van der Waals surface area contributed by atoms with Crippen LogP contribution in [-0.2, 0) is 4.79 Å². The van der Waals surface area contributed by atoms with Gasteiger partial charge in [-0.2, -0.15) is 0 Å². The largest absolute Gasteiger partial charge is 0.497 e. The summed E-state index contributed by atoms with van der Waals surface area (Å²) < 4.78 is 5.39. The summed E-state index contributed by atoms with van der Waals surface area (Å²) in [5, 5.41) is 0. The van der Waals surface area contributed by atoms with Gasteiger partial charge >= 0.3 is 0 Å². The molecule has 142 valence electrons. The smallest absolute Gasteiger partial charge is 0.237 e. The summed E-state index contributed by atoms with van der Waals surface area (Å²) in [6.07, 6.45) is 10.00. The average Bonchev–Trinajstić information content (AvgIpc) is 3.15. The molecule has 0 aromatic heterocycles. The van der Waals surface area contributed by atoms with Crippen LogP contribution < -0.4 is 4.74 Å². The van der Waals surface area contributed by atoms with Gasteiger partial charge in [-0.25, -0.2) is 0 Å². The molecule has 2 aliphatic heterocycles. The van der Waals surface area contributed by atoms with Crippen molar-refractivity contribution < 1.29 is 9.53 Å². The maximum absolute atomic E-state index is 13.2. The van der Waals surface area contributed by atoms with Crippen LogP contribution in [0, 0.1) is 5.92 Å². The molecule has 0 N–H and O–H groups in total. The van der Waals surface area contributed by atoms with Gasteiger partial charge in [-0.3, -0.25) is 9.69 Å². The molecule has 4 nitrogen and oxygen atoms in total. The Morgan fingerprint density at radius 3 is 2.77 bits per heavy atom. The molecule has 4 heteroatoms. The van der Waals surface area contributed by atoms with E-state index >= 15 is 0 Å². The minimum Gasteiger partial charge on any atom is -0.497 e. The Labute approximate surface area is 157 Å². The van der Waals surface area contributed by atoms with Gasteiger partial charge in [-0.1, -0.05) is 25.0 Å². The van der Waals surface area contributed by atoms with Gasteiger partial charge in [0, 0.05) is 18.6 Å². The Hall–Kier alpha value is -1.55. The van der Waals surface area contributed by atoms with Gasteiger partial charge in [0.25, 0.3) is 0 Å². The van der Waals surface area contributed by atoms with E-state index in [0.29, 0.717) is 24.5 Å². The third kappa shape index (κ3) is 3.62. The van der Waals surface area contributed by atoms with Crippen LogP contribution in [0.5, 0.6) is 5.75 Å². The van der Waals surface area contributed by atoms with Gasteiger partial charge in [-0.15, -0.1) is 0 Å². The van der Waals surface area contributed by atoms with Crippen LogP contribution in [0.3, 0.4) is 0 Å². The number of hydrogen-bond donors (Lipinski definition) is 0. The molecule has 3 atom stereocenters. The Kier molecular flexibility index (Phi) is 5.49. The maximum atomic E-state index is 13.2. The van der Waals surface area contributed by atoms with Gasteiger partial charge in [0.05, 0.1) is 13.7 Å². The van der Waals surface area contributed by atoms with E-state index in [1.807, 2.05) is 6.07 Å². The molecule has 3 fully saturated rings. The van der Waals surface area contributed by atoms with Crippen molar-refractivity contribution in [3.63, 3.8) is 0 Å². The number of piperidine rings is 1. The molecule has 1 aliphatic carbocycles. The van der Waals surface area contributed by atoms with Crippen molar-refractivity contribution in [2.45, 2.75) is 63.5 Å². The van der Waals surface area contributed by atoms with Crippen molar-refractivity contribution in [2.24, 2.45) is 5.92 Å². The monoisotopic (exact) mass is 356 g/mol. The number of likely N-dealkylation sites (tertiary alicyclic amines) is 2. The molecule has 3 aliphatic rings. The summed E-state index contributed by atoms with van der Waals surface area (Å²) in [7, 11) is 1.71. The number of carbonyl (C=O) groups is 1. The van der Waals surface area contributed by atoms with Gasteiger partial charge in [-0.05, 0) is 68.7 Å². The summed E-state index contributed by atoms with van der Waals surface area (Å²) in [6.45, 7) is 2.57. The minimum absolute atomic E-state index is 0.348. The fourth-order valence-corrected chi connectivity index (χ4v) is 5.44. The molecule has 0 radical (unpaired) electrons. The van der Waals surface area contributed by atoms with E-state index in [1.165, 1.54) is 50.5 Å². The number of rotatable bonds is 4. The lowest BCUT2D eigenvalue weighted by atomic mass is 9.78. The van der Waals surface area contributed by atoms with Gasteiger partial charge in [0.1, 0.15) is 5.75 Å². The van der Waals surface area contributed by atoms with Crippen LogP contribution in [0.25, 0.3) is 0 Å². The van der Waals surface area contributed by atoms with E-state index in [0.717, 1.165) is 31.2 Å². The molecular formula is C22H32N2O2. The first-order valence-electron chi connectivity index (χ1n) is 10.4. The highest BCUT2D eigenvalue weighted by Crippen LogP contribution is 2.37. The molecule has 1 saturated carbocycles. The molecule has 3 unspecified atom stereocenters. The predicted molar refractivity (Wildman–Crippen MR) is 103 cm³/mol. The van der Waals surface area contributed by atoms with E-state index in [4.69, 9.17) is 4.74 Å². The number of nitrogens with zero attached hydrogens (tertiary/aromatic N) is 2. The number of benzene rings is 1. The lowest BCUT2D eigenvalue weighted by Crippen LogP contribution is -2.52. The van der Waals surface area contributed by atoms with Crippen LogP contribution in [0.1, 0.15) is 63.0 Å². The fraction of sp³-hybridized carbons (Fsp3) is 0.682. The Bertz CT molecular complexity index is 630. The zero-order valence-corrected chi connectivity index (χ0v) is 16.0. The number of carbonyl (C=O) groups excluding carboxylic acids is 1. The number of ether oxygens (including phenoxy) is 1. The third-order valence-corrected chi connectivity index (χ3v) is 6.74. The van der Waals surface area contributed by atoms with Crippen molar-refractivity contribution >= 4 is 5.91 Å². The predicted octanol–water partition coefficient (Wildman–Crippen LogP) is 4.01. The normalized spacial score (nSPS) is 29.4. The van der Waals surface area contributed by atoms with Crippen molar-refractivity contribution in [3.05, 3.63) is 29.8 Å². The second-order valence-corrected chi connectivity index (χ2v) is 8.25. The first-order valence-corrected chi connectivity index (χ1v) is 10.4. The van der Waals surface area contributed by atoms with E-state index < -0.39 is 0 Å². The average molecular weight is 357 g/mol. The number of methoxy groups -OCH3 is 1. The third-order valence-electron chi connectivity index (χ3n) is 6.74. The summed E-state index contributed by atoms with van der Waals surface area (Å²) in [5.41, 5.74) is 1.28. The van der Waals surface area contributed by atoms with Crippen LogP contribution in [-0.4, -0.2) is 48.5 Å². The molecule has 1 aromatic rings. The Morgan fingerprint density at radius 2 is 1.88 bits per heavy atom. The zero-order valence-electron chi connectivity index (χ0n) is 16.0. The molecule has 4 rings (SSSR count). The van der Waals surface area contributed by atoms with Crippen LogP contribution in [0.4, 0.5) is 0 Å². The lowest BCUT2D eigenvalue weighted by Gasteiger charge is -2.44. The molecule has 1 amide bonds. The number of fused-ring (bicyclic) bond motifs is 1. The molecule has 2 heterocycles. The van der Waals surface area contributed by atoms with Crippen molar-refractivity contribution in [2.75, 3.05) is 26.7 Å². The van der Waals surface area contributed by atoms with Gasteiger partial charge in [0.2, 0.25) is 5.91 Å². The van der Waals surface area contributed by atoms with Crippen LogP contribution in [0.15, 0.2) is 24.3 Å². The zero-order chi connectivity index (χ0) is 17.9. The summed E-state index contributed by atoms with van der Waals surface area (Å²) in [6, 6.07) is 9.22. The quantitative estimate of drug-likeness (QED) is 0.817. The lowest BCUT2D eigenvalue weighted by molar-refractivity contribution is -0.139. The molecule has 1 aromatic carbocycles. The van der Waals surface area contributed by atoms with Crippen molar-refractivity contribution in [3.8, 4) is 5.75 Å². The molecule has 0 bridgehead atoms. The SMILES string of the molecule is COc1cccc(C2CCCN2CC(=O)N2CCCC3CCCCC32)c1. The molecule has 26 heavy (non-hydrogen) atoms. The first-order chi connectivity index (χ1) is 12.8. The molecular weight excluding hydrogens is 324 g/mol. The second kappa shape index (κ2) is 7.99. The highest BCUT2D eigenvalue weighted by Gasteiger charge is 2.37. The Morgan fingerprint density at radius 1 is 1.08 bits per heavy atom. The van der Waals surface area contributed by atoms with Gasteiger partial charge < -0.3 is 9.64 Å². The number of amides is 1. The van der Waals surface area contributed by atoms with E-state index in [9.17, 15) is 4.79 Å². The second-order valence-electron chi connectivity index (χ2n) is 8.25. The van der Waals surface area contributed by atoms with Crippen LogP contribution in [0.2, 0.25) is 0 Å². The summed E-state index contributed by atoms with van der Waals surface area (Å²) >= 11 is 0. The van der Waals surface area contributed by atoms with E-state index in [1.54, 1.807) is 7.11 Å². The van der Waals surface area contributed by atoms with E-state index in [-0.39, 0.29) is 0 Å². The van der Waals surface area contributed by atoms with Crippen molar-refractivity contribution in [1.82, 2.24) is 9.80 Å². The molecule has 0 spiro atoms. The highest BCUT2D eigenvalue weighted by molar-refractivity contribution is 5.79. The number of hydrogen-bond acceptors (Lipinski definition) is 3. The summed E-state index contributed by atoms with van der Waals surface area (Å²) in [4.78, 5) is 17.8. The maximum Gasteiger partial charge on any atom is 0.237 e. The first kappa shape index (κ1) is 17.8. The van der Waals surface area contributed by atoms with Crippen molar-refractivity contribution in [1.29, 1.82) is 0 Å². The minimum atomic E-state index is 0.348. The topological polar surface area (TPSA) is 32.8 Å². The van der Waals surface area contributed by atoms with E-state index in [2.05, 4.69) is 28.0 Å². The summed E-state index contributed by atoms with van der Waals surface area (Å²) in [5.74, 6) is 2.02. The standard InChI is InChI=1S/C22H32N2O2/c1-26-19-10-4-8-18(15-19)20-12-6-13-23(20)16-22(25)24-14-5-9-17-7-2-3-11-21(17)24/h4,8,10,15,17,20-21H,2-3,5-7,9,11-14,16H2,1H3. The fourth-order valence-electron chi connectivity index (χ4n) is 5.44. The molecule has 2 saturated heterocycles. The highest BCUT2D eigenvalue weighted by atomic mass is 16.5. The van der Waals surface area contributed by atoms with Gasteiger partial charge in [0.15, 0.2) is 0 Å². The Balaban J connectivity index is 1.44.